The fourth-order valence-corrected chi connectivity index (χ4v) is 3.41. The summed E-state index contributed by atoms with van der Waals surface area (Å²) in [6.45, 7) is 12.1. The fraction of sp³-hybridized carbons (Fsp3) is 0.400. The van der Waals surface area contributed by atoms with E-state index in [0.29, 0.717) is 28.1 Å². The summed E-state index contributed by atoms with van der Waals surface area (Å²) >= 11 is 0. The molecule has 35 heavy (non-hydrogen) atoms. The number of nitrogen functional groups attached to an aromatic ring is 1. The van der Waals surface area contributed by atoms with E-state index in [4.69, 9.17) is 16.2 Å². The van der Waals surface area contributed by atoms with Gasteiger partial charge in [0.25, 0.3) is 6.43 Å². The van der Waals surface area contributed by atoms with Gasteiger partial charge in [-0.15, -0.1) is 0 Å². The SMILES string of the molecule is CCN(CC)CC.Cc1cc(-c2c(OCCN)nc(N)nc2-c2ccc(F)cc2)cc(C(F)F)n1. The van der Waals surface area contributed by atoms with Crippen LogP contribution in [-0.2, 0) is 0 Å². The van der Waals surface area contributed by atoms with Gasteiger partial charge in [-0.25, -0.2) is 18.2 Å². The Hall–Kier alpha value is -3.24. The molecule has 0 bridgehead atoms. The standard InChI is InChI=1S/C19H18F3N5O.C6H15N/c1-10-8-12(9-14(25-10)17(21)22)15-16(11-2-4-13(20)5-3-11)26-19(24)27-18(15)28-7-6-23;1-4-7(5-2)6-3/h2-5,8-9,17H,6-7,23H2,1H3,(H2,24,26,27);4-6H2,1-3H3. The predicted molar refractivity (Wildman–Crippen MR) is 133 cm³/mol. The summed E-state index contributed by atoms with van der Waals surface area (Å²) in [7, 11) is 0. The van der Waals surface area contributed by atoms with E-state index in [-0.39, 0.29) is 30.7 Å². The molecule has 0 spiro atoms. The Balaban J connectivity index is 0.000000540. The summed E-state index contributed by atoms with van der Waals surface area (Å²) in [5.41, 5.74) is 12.9. The lowest BCUT2D eigenvalue weighted by Gasteiger charge is -2.16. The van der Waals surface area contributed by atoms with Crippen molar-refractivity contribution in [2.24, 2.45) is 5.73 Å². The third-order valence-corrected chi connectivity index (χ3v) is 5.19. The van der Waals surface area contributed by atoms with Crippen LogP contribution in [0.15, 0.2) is 36.4 Å². The number of hydrogen-bond acceptors (Lipinski definition) is 7. The smallest absolute Gasteiger partial charge is 0.280 e. The highest BCUT2D eigenvalue weighted by Gasteiger charge is 2.21. The first-order valence-corrected chi connectivity index (χ1v) is 11.5. The molecule has 0 saturated carbocycles. The van der Waals surface area contributed by atoms with Crippen molar-refractivity contribution in [1.82, 2.24) is 19.9 Å². The molecule has 7 nitrogen and oxygen atoms in total. The van der Waals surface area contributed by atoms with Crippen LogP contribution in [0.25, 0.3) is 22.4 Å². The van der Waals surface area contributed by atoms with Gasteiger partial charge in [0, 0.05) is 17.8 Å². The van der Waals surface area contributed by atoms with E-state index in [2.05, 4.69) is 40.6 Å². The molecule has 0 aliphatic rings. The Kier molecular flexibility index (Phi) is 10.9. The maximum Gasteiger partial charge on any atom is 0.280 e. The molecule has 0 aliphatic carbocycles. The van der Waals surface area contributed by atoms with Gasteiger partial charge in [0.15, 0.2) is 0 Å². The Morgan fingerprint density at radius 1 is 0.943 bits per heavy atom. The molecule has 190 valence electrons. The van der Waals surface area contributed by atoms with Gasteiger partial charge in [-0.2, -0.15) is 4.98 Å². The van der Waals surface area contributed by atoms with Gasteiger partial charge in [-0.1, -0.05) is 20.8 Å². The zero-order valence-electron chi connectivity index (χ0n) is 20.6. The van der Waals surface area contributed by atoms with Gasteiger partial charge >= 0.3 is 0 Å². The van der Waals surface area contributed by atoms with Gasteiger partial charge in [0.2, 0.25) is 11.8 Å². The zero-order chi connectivity index (χ0) is 26.0. The molecule has 2 heterocycles. The van der Waals surface area contributed by atoms with E-state index in [1.165, 1.54) is 50.0 Å². The van der Waals surface area contributed by atoms with Gasteiger partial charge in [-0.05, 0) is 68.5 Å². The molecule has 0 atom stereocenters. The van der Waals surface area contributed by atoms with Crippen molar-refractivity contribution in [2.45, 2.75) is 34.1 Å². The van der Waals surface area contributed by atoms with E-state index < -0.39 is 12.2 Å². The summed E-state index contributed by atoms with van der Waals surface area (Å²) in [6, 6.07) is 8.41. The summed E-state index contributed by atoms with van der Waals surface area (Å²) in [4.78, 5) is 14.6. The van der Waals surface area contributed by atoms with E-state index in [1.54, 1.807) is 13.0 Å². The summed E-state index contributed by atoms with van der Waals surface area (Å²) in [6.07, 6.45) is -2.75. The first-order chi connectivity index (χ1) is 16.7. The van der Waals surface area contributed by atoms with Crippen LogP contribution >= 0.6 is 0 Å². The van der Waals surface area contributed by atoms with E-state index in [0.717, 1.165) is 0 Å². The molecule has 3 aromatic rings. The molecule has 0 amide bonds. The minimum Gasteiger partial charge on any atom is -0.476 e. The molecular formula is C25H33F3N6O. The molecule has 0 unspecified atom stereocenters. The van der Waals surface area contributed by atoms with Crippen molar-refractivity contribution >= 4 is 5.95 Å². The first-order valence-electron chi connectivity index (χ1n) is 11.5. The van der Waals surface area contributed by atoms with Gasteiger partial charge in [0.05, 0.1) is 11.3 Å². The van der Waals surface area contributed by atoms with Crippen molar-refractivity contribution in [2.75, 3.05) is 38.5 Å². The predicted octanol–water partition coefficient (Wildman–Crippen LogP) is 4.86. The van der Waals surface area contributed by atoms with E-state index >= 15 is 0 Å². The third-order valence-electron chi connectivity index (χ3n) is 5.19. The molecule has 0 saturated heterocycles. The molecule has 2 aromatic heterocycles. The number of nitrogens with two attached hydrogens (primary N) is 2. The van der Waals surface area contributed by atoms with Crippen LogP contribution in [0.3, 0.4) is 0 Å². The second-order valence-electron chi connectivity index (χ2n) is 7.60. The molecule has 0 fully saturated rings. The minimum absolute atomic E-state index is 0.0741. The van der Waals surface area contributed by atoms with Gasteiger partial charge in [-0.3, -0.25) is 4.98 Å². The van der Waals surface area contributed by atoms with Crippen LogP contribution < -0.4 is 16.2 Å². The molecule has 4 N–H and O–H groups in total. The van der Waals surface area contributed by atoms with Crippen LogP contribution in [0.1, 0.15) is 38.6 Å². The minimum atomic E-state index is -2.75. The summed E-state index contributed by atoms with van der Waals surface area (Å²) in [5.74, 6) is -0.398. The number of aryl methyl sites for hydroxylation is 1. The zero-order valence-corrected chi connectivity index (χ0v) is 20.6. The molecule has 3 rings (SSSR count). The summed E-state index contributed by atoms with van der Waals surface area (Å²) in [5, 5.41) is 0. The average molecular weight is 491 g/mol. The van der Waals surface area contributed by atoms with Crippen molar-refractivity contribution in [3.05, 3.63) is 53.6 Å². The second-order valence-corrected chi connectivity index (χ2v) is 7.60. The number of rotatable bonds is 9. The van der Waals surface area contributed by atoms with Crippen molar-refractivity contribution in [3.63, 3.8) is 0 Å². The largest absolute Gasteiger partial charge is 0.476 e. The normalized spacial score (nSPS) is 10.9. The van der Waals surface area contributed by atoms with Gasteiger partial charge in [0.1, 0.15) is 18.1 Å². The highest BCUT2D eigenvalue weighted by Crippen LogP contribution is 2.39. The van der Waals surface area contributed by atoms with Crippen LogP contribution in [0.2, 0.25) is 0 Å². The first kappa shape index (κ1) is 28.0. The number of hydrogen-bond donors (Lipinski definition) is 2. The van der Waals surface area contributed by atoms with Crippen LogP contribution in [0.5, 0.6) is 5.88 Å². The second kappa shape index (κ2) is 13.6. The van der Waals surface area contributed by atoms with Crippen molar-refractivity contribution < 1.29 is 17.9 Å². The number of nitrogens with zero attached hydrogens (tertiary/aromatic N) is 4. The Labute approximate surface area is 204 Å². The number of anilines is 1. The van der Waals surface area contributed by atoms with E-state index in [9.17, 15) is 13.2 Å². The topological polar surface area (TPSA) is 103 Å². The van der Waals surface area contributed by atoms with Crippen molar-refractivity contribution in [3.8, 4) is 28.3 Å². The van der Waals surface area contributed by atoms with Crippen molar-refractivity contribution in [1.29, 1.82) is 0 Å². The molecule has 10 heteroatoms. The maximum atomic E-state index is 13.4. The maximum absolute atomic E-state index is 13.4. The molecule has 1 aromatic carbocycles. The quantitative estimate of drug-likeness (QED) is 0.442. The highest BCUT2D eigenvalue weighted by atomic mass is 19.3. The lowest BCUT2D eigenvalue weighted by molar-refractivity contribution is 0.146. The van der Waals surface area contributed by atoms with E-state index in [1.807, 2.05) is 0 Å². The number of benzene rings is 1. The highest BCUT2D eigenvalue weighted by molar-refractivity contribution is 5.85. The Morgan fingerprint density at radius 3 is 2.09 bits per heavy atom. The van der Waals surface area contributed by atoms with Gasteiger partial charge < -0.3 is 21.1 Å². The van der Waals surface area contributed by atoms with Crippen LogP contribution in [0.4, 0.5) is 19.1 Å². The summed E-state index contributed by atoms with van der Waals surface area (Å²) < 4.78 is 45.5. The number of ether oxygens (including phenoxy) is 1. The molecule has 0 aliphatic heterocycles. The van der Waals surface area contributed by atoms with Crippen LogP contribution in [-0.4, -0.2) is 52.6 Å². The number of halogens is 3. The lowest BCUT2D eigenvalue weighted by Crippen LogP contribution is -2.21. The number of pyridine rings is 1. The number of aromatic nitrogens is 3. The van der Waals surface area contributed by atoms with Crippen LogP contribution in [0, 0.1) is 12.7 Å². The molecule has 0 radical (unpaired) electrons. The fourth-order valence-electron chi connectivity index (χ4n) is 3.41. The number of alkyl halides is 2. The average Bonchev–Trinajstić information content (AvgIpc) is 2.84. The third kappa shape index (κ3) is 7.90. The molecular weight excluding hydrogens is 457 g/mol. The Morgan fingerprint density at radius 2 is 1.57 bits per heavy atom. The Bertz CT molecular complexity index is 1070. The monoisotopic (exact) mass is 490 g/mol. The lowest BCUT2D eigenvalue weighted by atomic mass is 9.99.